The summed E-state index contributed by atoms with van der Waals surface area (Å²) < 4.78 is 0. The Balaban J connectivity index is 1.58. The average Bonchev–Trinajstić information content (AvgIpc) is 3.22. The Labute approximate surface area is 188 Å². The zero-order chi connectivity index (χ0) is 22.5. The first-order valence-corrected chi connectivity index (χ1v) is 11.4. The molecule has 0 spiro atoms. The minimum atomic E-state index is 0.268. The highest BCUT2D eigenvalue weighted by Crippen LogP contribution is 2.30. The first-order chi connectivity index (χ1) is 15.6. The van der Waals surface area contributed by atoms with Gasteiger partial charge in [-0.3, -0.25) is 10.00 Å². The van der Waals surface area contributed by atoms with Crippen molar-refractivity contribution in [2.45, 2.75) is 71.0 Å². The minimum Gasteiger partial charge on any atom is -0.351 e. The fourth-order valence-corrected chi connectivity index (χ4v) is 4.69. The Morgan fingerprint density at radius 3 is 2.66 bits per heavy atom. The number of hydrogen-bond donors (Lipinski definition) is 3. The second kappa shape index (κ2) is 9.92. The van der Waals surface area contributed by atoms with E-state index in [1.807, 2.05) is 25.1 Å². The SMILES string of the molecule is CCC1CC(Nc2nc(Nc3cc(C)[nH]n3)c3cccnc3n2)CC(CC)N1CCC#N. The molecule has 0 aromatic carbocycles. The zero-order valence-corrected chi connectivity index (χ0v) is 19.0. The summed E-state index contributed by atoms with van der Waals surface area (Å²) in [6, 6.07) is 9.24. The van der Waals surface area contributed by atoms with Crippen LogP contribution in [-0.2, 0) is 0 Å². The highest BCUT2D eigenvalue weighted by molar-refractivity contribution is 5.89. The molecule has 4 heterocycles. The summed E-state index contributed by atoms with van der Waals surface area (Å²) in [6.07, 6.45) is 6.45. The van der Waals surface area contributed by atoms with Crippen LogP contribution in [0.1, 0.15) is 51.6 Å². The summed E-state index contributed by atoms with van der Waals surface area (Å²) in [5, 5.41) is 24.0. The molecule has 9 nitrogen and oxygen atoms in total. The molecule has 0 saturated carbocycles. The van der Waals surface area contributed by atoms with E-state index in [-0.39, 0.29) is 6.04 Å². The van der Waals surface area contributed by atoms with Crippen LogP contribution in [0, 0.1) is 18.3 Å². The van der Waals surface area contributed by atoms with Crippen LogP contribution in [0.2, 0.25) is 0 Å². The standard InChI is InChI=1S/C23H31N9/c1-4-17-13-16(14-18(5-2)32(17)11-7-9-24)26-23-28-21-19(8-6-10-25-21)22(29-23)27-20-12-15(3)30-31-20/h6,8,10,12,16-18H,4-5,7,11,13-14H2,1-3H3,(H3,25,26,27,28,29,30,31). The number of nitrogens with zero attached hydrogens (tertiary/aromatic N) is 6. The van der Waals surface area contributed by atoms with Crippen LogP contribution < -0.4 is 10.6 Å². The Morgan fingerprint density at radius 1 is 1.22 bits per heavy atom. The summed E-state index contributed by atoms with van der Waals surface area (Å²) >= 11 is 0. The first kappa shape index (κ1) is 22.0. The Kier molecular flexibility index (Phi) is 6.81. The lowest BCUT2D eigenvalue weighted by Gasteiger charge is -2.45. The van der Waals surface area contributed by atoms with E-state index in [9.17, 15) is 0 Å². The molecule has 0 bridgehead atoms. The molecule has 4 rings (SSSR count). The van der Waals surface area contributed by atoms with Crippen LogP contribution in [0.3, 0.4) is 0 Å². The number of H-pyrrole nitrogens is 1. The summed E-state index contributed by atoms with van der Waals surface area (Å²) in [4.78, 5) is 16.5. The van der Waals surface area contributed by atoms with Crippen molar-refractivity contribution in [1.82, 2.24) is 30.0 Å². The van der Waals surface area contributed by atoms with Crippen molar-refractivity contribution in [3.8, 4) is 6.07 Å². The van der Waals surface area contributed by atoms with Gasteiger partial charge in [-0.1, -0.05) is 13.8 Å². The van der Waals surface area contributed by atoms with E-state index in [4.69, 9.17) is 10.2 Å². The smallest absolute Gasteiger partial charge is 0.226 e. The molecule has 3 aromatic rings. The molecular weight excluding hydrogens is 402 g/mol. The molecular formula is C23H31N9. The third-order valence-electron chi connectivity index (χ3n) is 6.23. The van der Waals surface area contributed by atoms with E-state index in [0.717, 1.165) is 43.3 Å². The second-order valence-electron chi connectivity index (χ2n) is 8.41. The van der Waals surface area contributed by atoms with E-state index >= 15 is 0 Å². The number of anilines is 3. The zero-order valence-electron chi connectivity index (χ0n) is 19.0. The van der Waals surface area contributed by atoms with Gasteiger partial charge in [0.2, 0.25) is 5.95 Å². The van der Waals surface area contributed by atoms with Crippen molar-refractivity contribution in [2.75, 3.05) is 17.2 Å². The van der Waals surface area contributed by atoms with Gasteiger partial charge in [-0.15, -0.1) is 0 Å². The van der Waals surface area contributed by atoms with Gasteiger partial charge in [0.25, 0.3) is 0 Å². The molecule has 1 aliphatic heterocycles. The third kappa shape index (κ3) is 4.81. The highest BCUT2D eigenvalue weighted by Gasteiger charge is 2.33. The van der Waals surface area contributed by atoms with E-state index in [2.05, 4.69) is 55.6 Å². The molecule has 32 heavy (non-hydrogen) atoms. The molecule has 3 aromatic heterocycles. The molecule has 1 saturated heterocycles. The third-order valence-corrected chi connectivity index (χ3v) is 6.23. The topological polar surface area (TPSA) is 118 Å². The summed E-state index contributed by atoms with van der Waals surface area (Å²) in [5.41, 5.74) is 1.62. The number of fused-ring (bicyclic) bond motifs is 1. The van der Waals surface area contributed by atoms with Gasteiger partial charge in [0.1, 0.15) is 5.82 Å². The van der Waals surface area contributed by atoms with Gasteiger partial charge in [-0.2, -0.15) is 20.3 Å². The fraction of sp³-hybridized carbons (Fsp3) is 0.522. The van der Waals surface area contributed by atoms with E-state index in [1.54, 1.807) is 6.20 Å². The molecule has 2 atom stereocenters. The predicted molar refractivity (Wildman–Crippen MR) is 126 cm³/mol. The van der Waals surface area contributed by atoms with Gasteiger partial charge in [-0.05, 0) is 44.7 Å². The van der Waals surface area contributed by atoms with Gasteiger partial charge in [0.05, 0.1) is 11.5 Å². The molecule has 168 valence electrons. The molecule has 3 N–H and O–H groups in total. The van der Waals surface area contributed by atoms with Crippen molar-refractivity contribution in [2.24, 2.45) is 0 Å². The van der Waals surface area contributed by atoms with Crippen LogP contribution >= 0.6 is 0 Å². The molecule has 2 unspecified atom stereocenters. The Hall–Kier alpha value is -3.25. The molecule has 1 aliphatic rings. The lowest BCUT2D eigenvalue weighted by molar-refractivity contribution is 0.0734. The van der Waals surface area contributed by atoms with Crippen LogP contribution in [-0.4, -0.2) is 54.7 Å². The number of aromatic amines is 1. The van der Waals surface area contributed by atoms with Gasteiger partial charge in [0, 0.05) is 49.0 Å². The molecule has 0 aliphatic carbocycles. The monoisotopic (exact) mass is 433 g/mol. The first-order valence-electron chi connectivity index (χ1n) is 11.4. The number of aryl methyl sites for hydroxylation is 1. The largest absolute Gasteiger partial charge is 0.351 e. The van der Waals surface area contributed by atoms with Crippen molar-refractivity contribution in [3.05, 3.63) is 30.1 Å². The van der Waals surface area contributed by atoms with Gasteiger partial charge >= 0.3 is 0 Å². The maximum atomic E-state index is 9.06. The fourth-order valence-electron chi connectivity index (χ4n) is 4.69. The number of nitriles is 1. The summed E-state index contributed by atoms with van der Waals surface area (Å²) in [7, 11) is 0. The Bertz CT molecular complexity index is 1070. The lowest BCUT2D eigenvalue weighted by atomic mass is 9.88. The van der Waals surface area contributed by atoms with Crippen LogP contribution in [0.4, 0.5) is 17.6 Å². The normalized spacial score (nSPS) is 21.4. The quantitative estimate of drug-likeness (QED) is 0.485. The molecule has 9 heteroatoms. The molecule has 1 fully saturated rings. The van der Waals surface area contributed by atoms with Gasteiger partial charge < -0.3 is 10.6 Å². The summed E-state index contributed by atoms with van der Waals surface area (Å²) in [6.45, 7) is 7.25. The number of pyridine rings is 1. The summed E-state index contributed by atoms with van der Waals surface area (Å²) in [5.74, 6) is 1.97. The van der Waals surface area contributed by atoms with Crippen LogP contribution in [0.25, 0.3) is 11.0 Å². The number of piperidine rings is 1. The Morgan fingerprint density at radius 2 is 2.00 bits per heavy atom. The lowest BCUT2D eigenvalue weighted by Crippen LogP contribution is -2.52. The number of likely N-dealkylation sites (tertiary alicyclic amines) is 1. The van der Waals surface area contributed by atoms with Crippen molar-refractivity contribution in [3.63, 3.8) is 0 Å². The maximum Gasteiger partial charge on any atom is 0.226 e. The predicted octanol–water partition coefficient (Wildman–Crippen LogP) is 4.15. The number of aromatic nitrogens is 5. The van der Waals surface area contributed by atoms with E-state index in [0.29, 0.717) is 41.7 Å². The highest BCUT2D eigenvalue weighted by atomic mass is 15.2. The van der Waals surface area contributed by atoms with Crippen LogP contribution in [0.5, 0.6) is 0 Å². The van der Waals surface area contributed by atoms with Crippen molar-refractivity contribution >= 4 is 28.6 Å². The van der Waals surface area contributed by atoms with Gasteiger partial charge in [0.15, 0.2) is 11.5 Å². The number of hydrogen-bond acceptors (Lipinski definition) is 8. The molecule has 0 amide bonds. The van der Waals surface area contributed by atoms with Crippen molar-refractivity contribution in [1.29, 1.82) is 5.26 Å². The maximum absolute atomic E-state index is 9.06. The van der Waals surface area contributed by atoms with E-state index in [1.165, 1.54) is 0 Å². The van der Waals surface area contributed by atoms with Gasteiger partial charge in [-0.25, -0.2) is 4.98 Å². The van der Waals surface area contributed by atoms with Crippen molar-refractivity contribution < 1.29 is 0 Å². The number of nitrogens with one attached hydrogen (secondary N) is 3. The second-order valence-corrected chi connectivity index (χ2v) is 8.41. The number of rotatable bonds is 8. The van der Waals surface area contributed by atoms with Crippen LogP contribution in [0.15, 0.2) is 24.4 Å². The van der Waals surface area contributed by atoms with E-state index < -0.39 is 0 Å². The average molecular weight is 434 g/mol. The molecule has 0 radical (unpaired) electrons. The minimum absolute atomic E-state index is 0.268.